The summed E-state index contributed by atoms with van der Waals surface area (Å²) in [5.74, 6) is 0.833. The minimum absolute atomic E-state index is 0.0974. The van der Waals surface area contributed by atoms with Crippen LogP contribution in [0, 0.1) is 22.7 Å². The Morgan fingerprint density at radius 1 is 1.18 bits per heavy atom. The summed E-state index contributed by atoms with van der Waals surface area (Å²) in [5.41, 5.74) is 8.40. The number of aliphatic hydroxyl groups is 2. The first-order valence-electron chi connectivity index (χ1n) is 8.60. The minimum atomic E-state index is -0.413. The lowest BCUT2D eigenvalue weighted by molar-refractivity contribution is 0.00635. The molecule has 1 fully saturated rings. The van der Waals surface area contributed by atoms with Crippen LogP contribution in [0.1, 0.15) is 39.5 Å². The van der Waals surface area contributed by atoms with Crippen molar-refractivity contribution in [3.63, 3.8) is 0 Å². The van der Waals surface area contributed by atoms with Crippen molar-refractivity contribution in [1.82, 2.24) is 0 Å². The maximum absolute atomic E-state index is 10.9. The molecule has 4 rings (SSSR count). The van der Waals surface area contributed by atoms with E-state index < -0.39 is 6.10 Å². The molecule has 3 heteroatoms. The van der Waals surface area contributed by atoms with Crippen LogP contribution in [0.15, 0.2) is 35.5 Å². The largest absolute Gasteiger partial charge is 0.389 e. The van der Waals surface area contributed by atoms with Crippen molar-refractivity contribution in [3.05, 3.63) is 35.5 Å². The Bertz CT molecular complexity index is 592. The molecule has 4 aliphatic rings. The number of hydrogen-bond donors (Lipinski definition) is 3. The molecule has 22 heavy (non-hydrogen) atoms. The molecule has 0 saturated heterocycles. The van der Waals surface area contributed by atoms with Crippen molar-refractivity contribution in [2.75, 3.05) is 0 Å². The number of nitrogens with two attached hydrogens (primary N) is 1. The first-order chi connectivity index (χ1) is 10.4. The molecule has 0 amide bonds. The zero-order chi connectivity index (χ0) is 15.7. The van der Waals surface area contributed by atoms with Gasteiger partial charge in [-0.3, -0.25) is 0 Å². The van der Waals surface area contributed by atoms with Gasteiger partial charge in [-0.2, -0.15) is 0 Å². The molecule has 0 unspecified atom stereocenters. The highest BCUT2D eigenvalue weighted by molar-refractivity contribution is 5.46. The van der Waals surface area contributed by atoms with Crippen LogP contribution < -0.4 is 5.73 Å². The summed E-state index contributed by atoms with van der Waals surface area (Å²) >= 11 is 0. The third kappa shape index (κ3) is 1.73. The van der Waals surface area contributed by atoms with Gasteiger partial charge in [-0.15, -0.1) is 0 Å². The molecule has 0 aromatic carbocycles. The van der Waals surface area contributed by atoms with E-state index in [4.69, 9.17) is 5.73 Å². The average molecular weight is 301 g/mol. The molecule has 0 spiro atoms. The zero-order valence-electron chi connectivity index (χ0n) is 13.5. The maximum atomic E-state index is 10.9. The third-order valence-corrected chi connectivity index (χ3v) is 7.11. The van der Waals surface area contributed by atoms with E-state index in [-0.39, 0.29) is 23.0 Å². The molecule has 0 bridgehead atoms. The summed E-state index contributed by atoms with van der Waals surface area (Å²) < 4.78 is 0. The monoisotopic (exact) mass is 301 g/mol. The second-order valence-electron chi connectivity index (χ2n) is 8.25. The van der Waals surface area contributed by atoms with Crippen LogP contribution in [0.4, 0.5) is 0 Å². The number of fused-ring (bicyclic) bond motifs is 4. The topological polar surface area (TPSA) is 66.5 Å². The fraction of sp³-hybridized carbons (Fsp3) is 0.684. The molecule has 3 nitrogen and oxygen atoms in total. The standard InChI is InChI=1S/C19H27NO2/c1-18-7-5-12(20)9-11(18)10-15(21)17-13-3-4-16(22)19(13,2)8-6-14(17)18/h3-5,7,11-12,14-16,21-22H,6,8-10,20H2,1-2H3/t11-,12-,14-,15-,16-,18-,19-/m0/s1. The van der Waals surface area contributed by atoms with Crippen LogP contribution in [0.25, 0.3) is 0 Å². The van der Waals surface area contributed by atoms with Gasteiger partial charge in [0.2, 0.25) is 0 Å². The van der Waals surface area contributed by atoms with Gasteiger partial charge in [-0.25, -0.2) is 0 Å². The normalized spacial score (nSPS) is 53.2. The van der Waals surface area contributed by atoms with Crippen LogP contribution in [-0.4, -0.2) is 28.5 Å². The third-order valence-electron chi connectivity index (χ3n) is 7.11. The van der Waals surface area contributed by atoms with Crippen molar-refractivity contribution in [3.8, 4) is 0 Å². The van der Waals surface area contributed by atoms with Crippen LogP contribution >= 0.6 is 0 Å². The second kappa shape index (κ2) is 4.56. The predicted octanol–water partition coefficient (Wildman–Crippen LogP) is 2.30. The van der Waals surface area contributed by atoms with Crippen LogP contribution in [-0.2, 0) is 0 Å². The van der Waals surface area contributed by atoms with Gasteiger partial charge >= 0.3 is 0 Å². The summed E-state index contributed by atoms with van der Waals surface area (Å²) in [6.07, 6.45) is 11.4. The molecule has 0 radical (unpaired) electrons. The van der Waals surface area contributed by atoms with E-state index in [1.165, 1.54) is 11.1 Å². The van der Waals surface area contributed by atoms with Crippen molar-refractivity contribution in [2.45, 2.75) is 57.8 Å². The molecule has 0 aliphatic heterocycles. The lowest BCUT2D eigenvalue weighted by Crippen LogP contribution is -2.51. The molecule has 120 valence electrons. The van der Waals surface area contributed by atoms with Crippen LogP contribution in [0.2, 0.25) is 0 Å². The van der Waals surface area contributed by atoms with E-state index >= 15 is 0 Å². The van der Waals surface area contributed by atoms with Crippen molar-refractivity contribution < 1.29 is 10.2 Å². The molecular formula is C19H27NO2. The highest BCUT2D eigenvalue weighted by Gasteiger charge is 2.55. The van der Waals surface area contributed by atoms with E-state index in [1.807, 2.05) is 6.08 Å². The molecule has 0 aromatic rings. The summed E-state index contributed by atoms with van der Waals surface area (Å²) in [6, 6.07) is 0.126. The first kappa shape index (κ1) is 14.7. The SMILES string of the molecule is C[C@]12C=C[C@H](N)C[C@H]1C[C@H](O)C1=C3C=C[C@H](O)[C@@]3(C)CC[C@@H]12. The molecule has 4 aliphatic carbocycles. The highest BCUT2D eigenvalue weighted by atomic mass is 16.3. The predicted molar refractivity (Wildman–Crippen MR) is 87.0 cm³/mol. The van der Waals surface area contributed by atoms with Crippen LogP contribution in [0.5, 0.6) is 0 Å². The molecule has 4 N–H and O–H groups in total. The van der Waals surface area contributed by atoms with Gasteiger partial charge in [0.15, 0.2) is 0 Å². The Morgan fingerprint density at radius 3 is 2.73 bits per heavy atom. The summed E-state index contributed by atoms with van der Waals surface area (Å²) in [4.78, 5) is 0. The first-order valence-corrected chi connectivity index (χ1v) is 8.60. The Labute approximate surface area is 132 Å². The highest BCUT2D eigenvalue weighted by Crippen LogP contribution is 2.61. The van der Waals surface area contributed by atoms with Gasteiger partial charge < -0.3 is 15.9 Å². The lowest BCUT2D eigenvalue weighted by atomic mass is 9.50. The summed E-state index contributed by atoms with van der Waals surface area (Å²) in [6.45, 7) is 4.49. The van der Waals surface area contributed by atoms with Gasteiger partial charge in [0.25, 0.3) is 0 Å². The van der Waals surface area contributed by atoms with Crippen LogP contribution in [0.3, 0.4) is 0 Å². The Morgan fingerprint density at radius 2 is 1.95 bits per heavy atom. The summed E-state index contributed by atoms with van der Waals surface area (Å²) in [7, 11) is 0. The number of rotatable bonds is 0. The number of aliphatic hydroxyl groups excluding tert-OH is 2. The fourth-order valence-electron chi connectivity index (χ4n) is 5.58. The van der Waals surface area contributed by atoms with E-state index in [9.17, 15) is 10.2 Å². The van der Waals surface area contributed by atoms with Gasteiger partial charge in [-0.05, 0) is 54.1 Å². The van der Waals surface area contributed by atoms with E-state index in [0.717, 1.165) is 25.7 Å². The van der Waals surface area contributed by atoms with Gasteiger partial charge in [-0.1, -0.05) is 38.2 Å². The Kier molecular flexibility index (Phi) is 3.04. The number of hydrogen-bond acceptors (Lipinski definition) is 3. The molecule has 7 atom stereocenters. The second-order valence-corrected chi connectivity index (χ2v) is 8.25. The fourth-order valence-corrected chi connectivity index (χ4v) is 5.58. The molecular weight excluding hydrogens is 274 g/mol. The lowest BCUT2D eigenvalue weighted by Gasteiger charge is -2.55. The van der Waals surface area contributed by atoms with Crippen molar-refractivity contribution in [1.29, 1.82) is 0 Å². The van der Waals surface area contributed by atoms with E-state index in [0.29, 0.717) is 11.8 Å². The van der Waals surface area contributed by atoms with Crippen molar-refractivity contribution >= 4 is 0 Å². The zero-order valence-corrected chi connectivity index (χ0v) is 13.5. The average Bonchev–Trinajstić information content (AvgIpc) is 2.77. The van der Waals surface area contributed by atoms with Gasteiger partial charge in [0.1, 0.15) is 0 Å². The molecule has 0 heterocycles. The maximum Gasteiger partial charge on any atom is 0.0817 e. The summed E-state index contributed by atoms with van der Waals surface area (Å²) in [5, 5.41) is 21.2. The minimum Gasteiger partial charge on any atom is -0.389 e. The van der Waals surface area contributed by atoms with Crippen molar-refractivity contribution in [2.24, 2.45) is 28.4 Å². The Balaban J connectivity index is 1.84. The van der Waals surface area contributed by atoms with Gasteiger partial charge in [0, 0.05) is 11.5 Å². The Hall–Kier alpha value is -0.900. The van der Waals surface area contributed by atoms with Gasteiger partial charge in [0.05, 0.1) is 12.2 Å². The van der Waals surface area contributed by atoms with E-state index in [2.05, 4.69) is 32.1 Å². The van der Waals surface area contributed by atoms with E-state index in [1.54, 1.807) is 0 Å². The number of allylic oxidation sites excluding steroid dienone is 2. The quantitative estimate of drug-likeness (QED) is 0.602. The molecule has 0 aromatic heterocycles. The smallest absolute Gasteiger partial charge is 0.0817 e. The molecule has 1 saturated carbocycles.